The smallest absolute Gasteiger partial charge is 0.0849 e. The number of aliphatic hydroxyl groups excluding tert-OH is 1. The van der Waals surface area contributed by atoms with E-state index in [9.17, 15) is 0 Å². The third-order valence-corrected chi connectivity index (χ3v) is 2.85. The van der Waals surface area contributed by atoms with Crippen LogP contribution in [0.15, 0.2) is 6.07 Å². The zero-order valence-corrected chi connectivity index (χ0v) is 8.53. The summed E-state index contributed by atoms with van der Waals surface area (Å²) in [5.41, 5.74) is 2.00. The van der Waals surface area contributed by atoms with Crippen molar-refractivity contribution in [3.05, 3.63) is 17.5 Å². The molecule has 1 unspecified atom stereocenters. The van der Waals surface area contributed by atoms with Gasteiger partial charge < -0.3 is 10.4 Å². The Morgan fingerprint density at radius 3 is 3.14 bits per heavy atom. The van der Waals surface area contributed by atoms with Crippen LogP contribution in [0.5, 0.6) is 0 Å². The second-order valence-electron chi connectivity index (χ2n) is 3.97. The molecule has 14 heavy (non-hydrogen) atoms. The van der Waals surface area contributed by atoms with Crippen molar-refractivity contribution in [1.82, 2.24) is 15.1 Å². The molecule has 1 aromatic heterocycles. The van der Waals surface area contributed by atoms with E-state index in [0.717, 1.165) is 36.8 Å². The molecule has 0 saturated carbocycles. The number of hydrogen-bond donors (Lipinski definition) is 2. The molecule has 0 bridgehead atoms. The molecule has 4 nitrogen and oxygen atoms in total. The fraction of sp³-hybridized carbons (Fsp3) is 0.700. The fourth-order valence-corrected chi connectivity index (χ4v) is 2.00. The summed E-state index contributed by atoms with van der Waals surface area (Å²) in [4.78, 5) is 0. The highest BCUT2D eigenvalue weighted by Crippen LogP contribution is 2.14. The third kappa shape index (κ3) is 1.96. The van der Waals surface area contributed by atoms with Gasteiger partial charge in [-0.3, -0.25) is 4.68 Å². The van der Waals surface area contributed by atoms with Crippen molar-refractivity contribution in [1.29, 1.82) is 0 Å². The molecule has 1 aliphatic rings. The van der Waals surface area contributed by atoms with E-state index >= 15 is 0 Å². The zero-order chi connectivity index (χ0) is 9.97. The first-order chi connectivity index (χ1) is 6.79. The molecule has 2 heterocycles. The van der Waals surface area contributed by atoms with Crippen LogP contribution in [0.1, 0.15) is 17.8 Å². The maximum absolute atomic E-state index is 9.02. The number of hydrogen-bond acceptors (Lipinski definition) is 3. The highest BCUT2D eigenvalue weighted by atomic mass is 16.3. The Bertz CT molecular complexity index is 302. The van der Waals surface area contributed by atoms with Gasteiger partial charge in [-0.2, -0.15) is 5.10 Å². The summed E-state index contributed by atoms with van der Waals surface area (Å²) in [7, 11) is 1.88. The van der Waals surface area contributed by atoms with Gasteiger partial charge in [0, 0.05) is 7.05 Å². The van der Waals surface area contributed by atoms with Gasteiger partial charge >= 0.3 is 0 Å². The van der Waals surface area contributed by atoms with Crippen LogP contribution in [-0.4, -0.2) is 28.0 Å². The number of nitrogens with one attached hydrogen (secondary N) is 1. The summed E-state index contributed by atoms with van der Waals surface area (Å²) in [5, 5.41) is 16.7. The second kappa shape index (κ2) is 4.11. The van der Waals surface area contributed by atoms with E-state index in [4.69, 9.17) is 5.11 Å². The molecule has 4 heteroatoms. The van der Waals surface area contributed by atoms with Gasteiger partial charge in [-0.25, -0.2) is 0 Å². The number of rotatable bonds is 3. The second-order valence-corrected chi connectivity index (χ2v) is 3.97. The lowest BCUT2D eigenvalue weighted by Crippen LogP contribution is -2.11. The Balaban J connectivity index is 2.01. The van der Waals surface area contributed by atoms with Crippen LogP contribution in [0.2, 0.25) is 0 Å². The molecule has 1 aliphatic heterocycles. The number of nitrogens with zero attached hydrogens (tertiary/aromatic N) is 2. The van der Waals surface area contributed by atoms with Crippen molar-refractivity contribution in [2.75, 3.05) is 13.1 Å². The third-order valence-electron chi connectivity index (χ3n) is 2.85. The maximum atomic E-state index is 9.02. The van der Waals surface area contributed by atoms with Crippen LogP contribution < -0.4 is 5.32 Å². The Kier molecular flexibility index (Phi) is 2.84. The zero-order valence-electron chi connectivity index (χ0n) is 8.53. The van der Waals surface area contributed by atoms with E-state index in [1.807, 2.05) is 13.1 Å². The molecule has 1 aromatic rings. The van der Waals surface area contributed by atoms with Gasteiger partial charge in [0.15, 0.2) is 0 Å². The summed E-state index contributed by atoms with van der Waals surface area (Å²) in [6.07, 6.45) is 2.27. The minimum atomic E-state index is 0.0758. The molecule has 2 rings (SSSR count). The van der Waals surface area contributed by atoms with Gasteiger partial charge in [0.2, 0.25) is 0 Å². The first kappa shape index (κ1) is 9.68. The van der Waals surface area contributed by atoms with E-state index in [1.54, 1.807) is 4.68 Å². The van der Waals surface area contributed by atoms with Gasteiger partial charge in [0.25, 0.3) is 0 Å². The van der Waals surface area contributed by atoms with Crippen molar-refractivity contribution in [3.63, 3.8) is 0 Å². The van der Waals surface area contributed by atoms with Gasteiger partial charge in [-0.1, -0.05) is 0 Å². The van der Waals surface area contributed by atoms with E-state index in [2.05, 4.69) is 10.4 Å². The van der Waals surface area contributed by atoms with E-state index < -0.39 is 0 Å². The lowest BCUT2D eigenvalue weighted by molar-refractivity contribution is 0.270. The Morgan fingerprint density at radius 1 is 1.71 bits per heavy atom. The minimum absolute atomic E-state index is 0.0758. The molecule has 0 aliphatic carbocycles. The monoisotopic (exact) mass is 195 g/mol. The molecule has 0 radical (unpaired) electrons. The first-order valence-corrected chi connectivity index (χ1v) is 5.13. The van der Waals surface area contributed by atoms with Crippen molar-refractivity contribution < 1.29 is 5.11 Å². The Labute approximate surface area is 83.9 Å². The molecule has 2 N–H and O–H groups in total. The van der Waals surface area contributed by atoms with Crippen molar-refractivity contribution >= 4 is 0 Å². The average molecular weight is 195 g/mol. The van der Waals surface area contributed by atoms with E-state index in [0.29, 0.717) is 0 Å². The summed E-state index contributed by atoms with van der Waals surface area (Å²) in [5.74, 6) is 0.719. The molecule has 1 atom stereocenters. The Hall–Kier alpha value is -0.870. The van der Waals surface area contributed by atoms with Gasteiger partial charge in [0.1, 0.15) is 0 Å². The molecular formula is C10H17N3O. The van der Waals surface area contributed by atoms with Crippen LogP contribution in [-0.2, 0) is 20.1 Å². The summed E-state index contributed by atoms with van der Waals surface area (Å²) < 4.78 is 1.76. The van der Waals surface area contributed by atoms with E-state index in [1.165, 1.54) is 6.42 Å². The first-order valence-electron chi connectivity index (χ1n) is 5.13. The van der Waals surface area contributed by atoms with Gasteiger partial charge in [-0.15, -0.1) is 0 Å². The molecule has 1 fully saturated rings. The molecule has 1 saturated heterocycles. The lowest BCUT2D eigenvalue weighted by Gasteiger charge is -2.03. The predicted octanol–water partition coefficient (Wildman–Crippen LogP) is 0.0644. The topological polar surface area (TPSA) is 50.1 Å². The highest BCUT2D eigenvalue weighted by Gasteiger charge is 2.16. The summed E-state index contributed by atoms with van der Waals surface area (Å²) in [6, 6.07) is 2.00. The van der Waals surface area contributed by atoms with Gasteiger partial charge in [0.05, 0.1) is 18.0 Å². The summed E-state index contributed by atoms with van der Waals surface area (Å²) in [6.45, 7) is 2.31. The van der Waals surface area contributed by atoms with Crippen LogP contribution in [0, 0.1) is 5.92 Å². The SMILES string of the molecule is Cn1nc(CC2CCNC2)cc1CO. The van der Waals surface area contributed by atoms with Crippen LogP contribution in [0.25, 0.3) is 0 Å². The number of aromatic nitrogens is 2. The van der Waals surface area contributed by atoms with Crippen LogP contribution >= 0.6 is 0 Å². The van der Waals surface area contributed by atoms with E-state index in [-0.39, 0.29) is 6.61 Å². The lowest BCUT2D eigenvalue weighted by atomic mass is 10.0. The molecular weight excluding hydrogens is 178 g/mol. The quantitative estimate of drug-likeness (QED) is 0.717. The van der Waals surface area contributed by atoms with Crippen LogP contribution in [0.4, 0.5) is 0 Å². The highest BCUT2D eigenvalue weighted by molar-refractivity contribution is 5.10. The molecule has 78 valence electrons. The minimum Gasteiger partial charge on any atom is -0.390 e. The fourth-order valence-electron chi connectivity index (χ4n) is 2.00. The summed E-state index contributed by atoms with van der Waals surface area (Å²) >= 11 is 0. The molecule has 0 aromatic carbocycles. The van der Waals surface area contributed by atoms with Crippen molar-refractivity contribution in [2.24, 2.45) is 13.0 Å². The number of aliphatic hydroxyl groups is 1. The largest absolute Gasteiger partial charge is 0.390 e. The maximum Gasteiger partial charge on any atom is 0.0849 e. The number of aryl methyl sites for hydroxylation is 1. The van der Waals surface area contributed by atoms with Crippen molar-refractivity contribution in [3.8, 4) is 0 Å². The van der Waals surface area contributed by atoms with Crippen LogP contribution in [0.3, 0.4) is 0 Å². The van der Waals surface area contributed by atoms with Gasteiger partial charge in [-0.05, 0) is 37.9 Å². The standard InChI is InChI=1S/C10H17N3O/c1-13-10(7-14)5-9(12-13)4-8-2-3-11-6-8/h5,8,11,14H,2-4,6-7H2,1H3. The Morgan fingerprint density at radius 2 is 2.57 bits per heavy atom. The molecule has 0 spiro atoms. The normalized spacial score (nSPS) is 21.7. The predicted molar refractivity (Wildman–Crippen MR) is 53.8 cm³/mol. The average Bonchev–Trinajstić information content (AvgIpc) is 2.76. The van der Waals surface area contributed by atoms with Crippen molar-refractivity contribution in [2.45, 2.75) is 19.4 Å². The molecule has 0 amide bonds.